The Labute approximate surface area is 124 Å². The van der Waals surface area contributed by atoms with Gasteiger partial charge in [-0.1, -0.05) is 0 Å². The third-order valence-corrected chi connectivity index (χ3v) is 3.85. The minimum Gasteiger partial charge on any atom is -0.315 e. The largest absolute Gasteiger partial charge is 0.315 e. The van der Waals surface area contributed by atoms with Crippen molar-refractivity contribution >= 4 is 22.8 Å². The number of aromatic nitrogens is 3. The zero-order valence-electron chi connectivity index (χ0n) is 11.5. The van der Waals surface area contributed by atoms with Gasteiger partial charge in [-0.25, -0.2) is 9.37 Å². The third kappa shape index (κ3) is 2.54. The molecule has 4 nitrogen and oxygen atoms in total. The Morgan fingerprint density at radius 3 is 2.81 bits per heavy atom. The Hall–Kier alpha value is -2.21. The van der Waals surface area contributed by atoms with E-state index >= 15 is 0 Å². The maximum atomic E-state index is 13.3. The van der Waals surface area contributed by atoms with E-state index in [9.17, 15) is 9.18 Å². The molecule has 3 rings (SSSR count). The number of aromatic amines is 1. The first kappa shape index (κ1) is 13.8. The van der Waals surface area contributed by atoms with Gasteiger partial charge in [-0.3, -0.25) is 9.78 Å². The molecule has 1 aromatic carbocycles. The van der Waals surface area contributed by atoms with Crippen LogP contribution in [0.25, 0.3) is 22.3 Å². The number of nitrogens with one attached hydrogen (secondary N) is 1. The average Bonchev–Trinajstić information content (AvgIpc) is 2.49. The summed E-state index contributed by atoms with van der Waals surface area (Å²) in [5, 5.41) is 0.743. The van der Waals surface area contributed by atoms with Crippen LogP contribution in [0.15, 0.2) is 40.3 Å². The summed E-state index contributed by atoms with van der Waals surface area (Å²) in [6, 6.07) is 6.49. The highest BCUT2D eigenvalue weighted by Gasteiger charge is 2.08. The van der Waals surface area contributed by atoms with Gasteiger partial charge in [0.05, 0.1) is 22.4 Å². The van der Waals surface area contributed by atoms with Crippen molar-refractivity contribution in [2.75, 3.05) is 6.26 Å². The van der Waals surface area contributed by atoms with E-state index in [1.807, 2.05) is 6.26 Å². The highest BCUT2D eigenvalue weighted by molar-refractivity contribution is 7.98. The summed E-state index contributed by atoms with van der Waals surface area (Å²) in [5.41, 5.74) is 2.37. The van der Waals surface area contributed by atoms with Crippen molar-refractivity contribution in [2.45, 2.75) is 11.9 Å². The molecule has 0 aliphatic rings. The lowest BCUT2D eigenvalue weighted by molar-refractivity contribution is 0.619. The fourth-order valence-electron chi connectivity index (χ4n) is 2.06. The molecular weight excluding hydrogens is 289 g/mol. The fraction of sp³-hybridized carbons (Fsp3) is 0.133. The van der Waals surface area contributed by atoms with Crippen LogP contribution in [0.3, 0.4) is 0 Å². The first-order valence-electron chi connectivity index (χ1n) is 6.29. The first-order valence-corrected chi connectivity index (χ1v) is 7.51. The second-order valence-electron chi connectivity index (χ2n) is 4.62. The summed E-state index contributed by atoms with van der Waals surface area (Å²) in [7, 11) is 0. The molecule has 0 saturated carbocycles. The number of hydrogen-bond acceptors (Lipinski definition) is 4. The van der Waals surface area contributed by atoms with E-state index in [4.69, 9.17) is 0 Å². The van der Waals surface area contributed by atoms with E-state index in [2.05, 4.69) is 15.0 Å². The standard InChI is InChI=1S/C15H12FN3OS/c1-8-5-9(3-4-10(8)16)12-7-17-11-6-13(21-2)19-15(20)14(11)18-12/h3-7H,1-2H3,(H,19,20). The number of hydrogen-bond donors (Lipinski definition) is 1. The van der Waals surface area contributed by atoms with Crippen molar-refractivity contribution < 1.29 is 4.39 Å². The average molecular weight is 301 g/mol. The van der Waals surface area contributed by atoms with Gasteiger partial charge in [0.15, 0.2) is 5.52 Å². The summed E-state index contributed by atoms with van der Waals surface area (Å²) in [5.74, 6) is -0.269. The number of fused-ring (bicyclic) bond motifs is 1. The van der Waals surface area contributed by atoms with Crippen LogP contribution in [-0.2, 0) is 0 Å². The maximum absolute atomic E-state index is 13.3. The van der Waals surface area contributed by atoms with Crippen LogP contribution in [-0.4, -0.2) is 21.2 Å². The predicted octanol–water partition coefficient (Wildman–Crippen LogP) is 3.15. The lowest BCUT2D eigenvalue weighted by atomic mass is 10.1. The molecule has 106 valence electrons. The van der Waals surface area contributed by atoms with Crippen LogP contribution < -0.4 is 5.56 Å². The number of thioether (sulfide) groups is 1. The number of H-pyrrole nitrogens is 1. The molecule has 0 atom stereocenters. The molecule has 0 radical (unpaired) electrons. The highest BCUT2D eigenvalue weighted by atomic mass is 32.2. The molecule has 2 aromatic heterocycles. The SMILES string of the molecule is CSc1cc2ncc(-c3ccc(F)c(C)c3)nc2c(=O)[nH]1. The van der Waals surface area contributed by atoms with Gasteiger partial charge in [0.2, 0.25) is 0 Å². The molecular formula is C15H12FN3OS. The van der Waals surface area contributed by atoms with E-state index in [1.54, 1.807) is 31.3 Å². The zero-order chi connectivity index (χ0) is 15.0. The van der Waals surface area contributed by atoms with Crippen LogP contribution >= 0.6 is 11.8 Å². The fourth-order valence-corrected chi connectivity index (χ4v) is 2.48. The van der Waals surface area contributed by atoms with Crippen molar-refractivity contribution in [3.8, 4) is 11.3 Å². The van der Waals surface area contributed by atoms with Gasteiger partial charge in [-0.15, -0.1) is 11.8 Å². The molecule has 3 aromatic rings. The van der Waals surface area contributed by atoms with Gasteiger partial charge >= 0.3 is 0 Å². The second kappa shape index (κ2) is 5.29. The number of nitrogens with zero attached hydrogens (tertiary/aromatic N) is 2. The van der Waals surface area contributed by atoms with Gasteiger partial charge in [0.25, 0.3) is 5.56 Å². The molecule has 0 unspecified atom stereocenters. The van der Waals surface area contributed by atoms with Crippen molar-refractivity contribution in [2.24, 2.45) is 0 Å². The number of benzene rings is 1. The maximum Gasteiger partial charge on any atom is 0.276 e. The van der Waals surface area contributed by atoms with Crippen LogP contribution in [0.4, 0.5) is 4.39 Å². The lowest BCUT2D eigenvalue weighted by Gasteiger charge is -2.05. The summed E-state index contributed by atoms with van der Waals surface area (Å²) in [6.45, 7) is 1.69. The number of rotatable bonds is 2. The molecule has 6 heteroatoms. The van der Waals surface area contributed by atoms with Crippen LogP contribution in [0, 0.1) is 12.7 Å². The van der Waals surface area contributed by atoms with Crippen LogP contribution in [0.1, 0.15) is 5.56 Å². The summed E-state index contributed by atoms with van der Waals surface area (Å²) in [6.07, 6.45) is 3.47. The minimum atomic E-state index is -0.273. The van der Waals surface area contributed by atoms with E-state index in [0.29, 0.717) is 16.8 Å². The molecule has 0 aliphatic heterocycles. The van der Waals surface area contributed by atoms with Crippen molar-refractivity contribution in [3.63, 3.8) is 0 Å². The van der Waals surface area contributed by atoms with E-state index in [1.165, 1.54) is 17.8 Å². The summed E-state index contributed by atoms with van der Waals surface area (Å²) in [4.78, 5) is 23.4. The van der Waals surface area contributed by atoms with Crippen molar-refractivity contribution in [3.05, 3.63) is 52.2 Å². The molecule has 0 bridgehead atoms. The predicted molar refractivity (Wildman–Crippen MR) is 82.1 cm³/mol. The number of aryl methyl sites for hydroxylation is 1. The molecule has 2 heterocycles. The van der Waals surface area contributed by atoms with Gasteiger partial charge in [0.1, 0.15) is 5.82 Å². The molecule has 1 N–H and O–H groups in total. The van der Waals surface area contributed by atoms with Gasteiger partial charge in [-0.2, -0.15) is 0 Å². The zero-order valence-corrected chi connectivity index (χ0v) is 12.3. The summed E-state index contributed by atoms with van der Waals surface area (Å²) >= 11 is 1.44. The second-order valence-corrected chi connectivity index (χ2v) is 5.47. The monoisotopic (exact) mass is 301 g/mol. The first-order chi connectivity index (χ1) is 10.1. The molecule has 0 fully saturated rings. The normalized spacial score (nSPS) is 11.0. The lowest BCUT2D eigenvalue weighted by Crippen LogP contribution is -2.09. The van der Waals surface area contributed by atoms with Crippen molar-refractivity contribution in [1.29, 1.82) is 0 Å². The van der Waals surface area contributed by atoms with E-state index < -0.39 is 0 Å². The molecule has 0 amide bonds. The molecule has 0 aliphatic carbocycles. The smallest absolute Gasteiger partial charge is 0.276 e. The van der Waals surface area contributed by atoms with Crippen molar-refractivity contribution in [1.82, 2.24) is 15.0 Å². The summed E-state index contributed by atoms with van der Waals surface area (Å²) < 4.78 is 13.3. The Morgan fingerprint density at radius 1 is 1.29 bits per heavy atom. The molecule has 0 spiro atoms. The van der Waals surface area contributed by atoms with Crippen LogP contribution in [0.5, 0.6) is 0 Å². The molecule has 0 saturated heterocycles. The number of pyridine rings is 1. The van der Waals surface area contributed by atoms with E-state index in [-0.39, 0.29) is 16.9 Å². The third-order valence-electron chi connectivity index (χ3n) is 3.19. The quantitative estimate of drug-likeness (QED) is 0.739. The minimum absolute atomic E-state index is 0.269. The Kier molecular flexibility index (Phi) is 3.47. The highest BCUT2D eigenvalue weighted by Crippen LogP contribution is 2.21. The van der Waals surface area contributed by atoms with Gasteiger partial charge < -0.3 is 4.98 Å². The van der Waals surface area contributed by atoms with Gasteiger partial charge in [0, 0.05) is 5.56 Å². The topological polar surface area (TPSA) is 58.6 Å². The Balaban J connectivity index is 2.19. The van der Waals surface area contributed by atoms with Crippen LogP contribution in [0.2, 0.25) is 0 Å². The molecule has 21 heavy (non-hydrogen) atoms. The van der Waals surface area contributed by atoms with Gasteiger partial charge in [-0.05, 0) is 43.0 Å². The Bertz CT molecular complexity index is 892. The number of halogens is 1. The van der Waals surface area contributed by atoms with E-state index in [0.717, 1.165) is 10.6 Å². The Morgan fingerprint density at radius 2 is 2.10 bits per heavy atom.